The van der Waals surface area contributed by atoms with E-state index in [0.717, 1.165) is 12.5 Å². The normalized spacial score (nSPS) is 25.9. The summed E-state index contributed by atoms with van der Waals surface area (Å²) in [5.41, 5.74) is -0.398. The third-order valence-electron chi connectivity index (χ3n) is 3.01. The zero-order valence-corrected chi connectivity index (χ0v) is 9.17. The van der Waals surface area contributed by atoms with Crippen LogP contribution in [0.4, 0.5) is 13.2 Å². The molecule has 2 rings (SSSR count). The van der Waals surface area contributed by atoms with E-state index in [4.69, 9.17) is 0 Å². The number of halogens is 3. The van der Waals surface area contributed by atoms with Crippen molar-refractivity contribution in [2.24, 2.45) is 0 Å². The van der Waals surface area contributed by atoms with Crippen LogP contribution in [-0.2, 0) is 6.18 Å². The van der Waals surface area contributed by atoms with Crippen LogP contribution in [0.25, 0.3) is 0 Å². The summed E-state index contributed by atoms with van der Waals surface area (Å²) >= 11 is 0. The molecule has 2 N–H and O–H groups in total. The second-order valence-corrected chi connectivity index (χ2v) is 4.25. The molecule has 2 atom stereocenters. The fraction of sp³-hybridized carbons (Fsp3) is 0.500. The molecule has 1 saturated heterocycles. The van der Waals surface area contributed by atoms with Crippen LogP contribution in [-0.4, -0.2) is 11.3 Å². The summed E-state index contributed by atoms with van der Waals surface area (Å²) in [6.45, 7) is 0. The first kappa shape index (κ1) is 12.4. The van der Waals surface area contributed by atoms with Gasteiger partial charge in [0.2, 0.25) is 0 Å². The number of hydrogen-bond donors (Lipinski definition) is 2. The highest BCUT2D eigenvalue weighted by atomic mass is 19.4. The van der Waals surface area contributed by atoms with E-state index in [1.807, 2.05) is 0 Å². The molecule has 1 fully saturated rings. The van der Waals surface area contributed by atoms with Crippen molar-refractivity contribution < 1.29 is 18.3 Å². The summed E-state index contributed by atoms with van der Waals surface area (Å²) < 4.78 is 38.4. The predicted octanol–water partition coefficient (Wildman–Crippen LogP) is 2.84. The van der Waals surface area contributed by atoms with Crippen LogP contribution in [0.15, 0.2) is 24.3 Å². The molecule has 17 heavy (non-hydrogen) atoms. The maximum Gasteiger partial charge on any atom is 0.416 e. The SMILES string of the molecule is OC1CCCC(c2ccccc2C(F)(F)F)N1. The van der Waals surface area contributed by atoms with Crippen molar-refractivity contribution in [3.8, 4) is 0 Å². The van der Waals surface area contributed by atoms with E-state index in [-0.39, 0.29) is 5.56 Å². The van der Waals surface area contributed by atoms with Gasteiger partial charge in [-0.25, -0.2) is 0 Å². The van der Waals surface area contributed by atoms with Crippen LogP contribution in [0.3, 0.4) is 0 Å². The van der Waals surface area contributed by atoms with E-state index in [2.05, 4.69) is 5.32 Å². The first-order valence-corrected chi connectivity index (χ1v) is 5.59. The first-order chi connectivity index (χ1) is 7.98. The fourth-order valence-electron chi connectivity index (χ4n) is 2.22. The minimum absolute atomic E-state index is 0.221. The van der Waals surface area contributed by atoms with Gasteiger partial charge in [0.25, 0.3) is 0 Å². The Bertz CT molecular complexity index is 392. The van der Waals surface area contributed by atoms with Crippen molar-refractivity contribution in [1.82, 2.24) is 5.32 Å². The van der Waals surface area contributed by atoms with E-state index in [1.165, 1.54) is 12.1 Å². The summed E-state index contributed by atoms with van der Waals surface area (Å²) in [7, 11) is 0. The topological polar surface area (TPSA) is 32.3 Å². The molecule has 1 heterocycles. The number of rotatable bonds is 1. The van der Waals surface area contributed by atoms with Gasteiger partial charge in [0, 0.05) is 6.04 Å². The van der Waals surface area contributed by atoms with Crippen LogP contribution in [0.1, 0.15) is 36.4 Å². The minimum Gasteiger partial charge on any atom is -0.379 e. The first-order valence-electron chi connectivity index (χ1n) is 5.59. The standard InChI is InChI=1S/C12H14F3NO/c13-12(14,15)9-5-2-1-4-8(9)10-6-3-7-11(17)16-10/h1-2,4-5,10-11,16-17H,3,6-7H2. The largest absolute Gasteiger partial charge is 0.416 e. The summed E-state index contributed by atoms with van der Waals surface area (Å²) in [5.74, 6) is 0. The Morgan fingerprint density at radius 2 is 1.88 bits per heavy atom. The molecule has 0 bridgehead atoms. The van der Waals surface area contributed by atoms with E-state index in [0.29, 0.717) is 12.8 Å². The van der Waals surface area contributed by atoms with Gasteiger partial charge in [0.15, 0.2) is 0 Å². The summed E-state index contributed by atoms with van der Waals surface area (Å²) in [5, 5.41) is 12.2. The van der Waals surface area contributed by atoms with E-state index in [1.54, 1.807) is 6.07 Å². The van der Waals surface area contributed by atoms with Crippen LogP contribution >= 0.6 is 0 Å². The number of benzene rings is 1. The quantitative estimate of drug-likeness (QED) is 0.797. The fourth-order valence-corrected chi connectivity index (χ4v) is 2.22. The van der Waals surface area contributed by atoms with Crippen LogP contribution in [0, 0.1) is 0 Å². The lowest BCUT2D eigenvalue weighted by Gasteiger charge is -2.29. The van der Waals surface area contributed by atoms with Gasteiger partial charge >= 0.3 is 6.18 Å². The number of alkyl halides is 3. The van der Waals surface area contributed by atoms with Gasteiger partial charge in [-0.05, 0) is 30.9 Å². The van der Waals surface area contributed by atoms with Crippen molar-refractivity contribution in [2.45, 2.75) is 37.7 Å². The van der Waals surface area contributed by atoms with Crippen molar-refractivity contribution in [1.29, 1.82) is 0 Å². The van der Waals surface area contributed by atoms with Gasteiger partial charge in [0.1, 0.15) is 6.23 Å². The molecule has 0 radical (unpaired) electrons. The van der Waals surface area contributed by atoms with E-state index < -0.39 is 24.0 Å². The molecule has 2 unspecified atom stereocenters. The molecule has 0 spiro atoms. The van der Waals surface area contributed by atoms with Crippen LogP contribution in [0.2, 0.25) is 0 Å². The lowest BCUT2D eigenvalue weighted by molar-refractivity contribution is -0.138. The van der Waals surface area contributed by atoms with Crippen molar-refractivity contribution >= 4 is 0 Å². The van der Waals surface area contributed by atoms with Crippen molar-refractivity contribution in [3.05, 3.63) is 35.4 Å². The molecule has 0 aromatic heterocycles. The minimum atomic E-state index is -4.35. The Kier molecular flexibility index (Phi) is 3.40. The molecule has 0 aliphatic carbocycles. The second-order valence-electron chi connectivity index (χ2n) is 4.25. The lowest BCUT2D eigenvalue weighted by Crippen LogP contribution is -2.37. The molecular formula is C12H14F3NO. The van der Waals surface area contributed by atoms with Gasteiger partial charge < -0.3 is 5.11 Å². The lowest BCUT2D eigenvalue weighted by atomic mass is 9.93. The summed E-state index contributed by atoms with van der Waals surface area (Å²) in [4.78, 5) is 0. The Hall–Kier alpha value is -1.07. The predicted molar refractivity (Wildman–Crippen MR) is 57.2 cm³/mol. The average Bonchev–Trinajstić information content (AvgIpc) is 2.28. The monoisotopic (exact) mass is 245 g/mol. The van der Waals surface area contributed by atoms with E-state index in [9.17, 15) is 18.3 Å². The second kappa shape index (κ2) is 4.66. The molecule has 1 aliphatic rings. The van der Waals surface area contributed by atoms with Crippen LogP contribution in [0.5, 0.6) is 0 Å². The molecule has 5 heteroatoms. The molecule has 2 nitrogen and oxygen atoms in total. The zero-order valence-electron chi connectivity index (χ0n) is 9.17. The van der Waals surface area contributed by atoms with Gasteiger partial charge in [-0.3, -0.25) is 5.32 Å². The van der Waals surface area contributed by atoms with Crippen molar-refractivity contribution in [2.75, 3.05) is 0 Å². The van der Waals surface area contributed by atoms with E-state index >= 15 is 0 Å². The molecule has 1 aromatic rings. The Labute approximate surface area is 97.5 Å². The summed E-state index contributed by atoms with van der Waals surface area (Å²) in [6, 6.07) is 5.10. The number of nitrogens with one attached hydrogen (secondary N) is 1. The molecule has 1 aliphatic heterocycles. The molecular weight excluding hydrogens is 231 g/mol. The molecule has 94 valence electrons. The van der Waals surface area contributed by atoms with Gasteiger partial charge in [0.05, 0.1) is 5.56 Å². The smallest absolute Gasteiger partial charge is 0.379 e. The van der Waals surface area contributed by atoms with Gasteiger partial charge in [-0.2, -0.15) is 13.2 Å². The third kappa shape index (κ3) is 2.79. The zero-order chi connectivity index (χ0) is 12.5. The highest BCUT2D eigenvalue weighted by molar-refractivity contribution is 5.32. The number of hydrogen-bond acceptors (Lipinski definition) is 2. The maximum atomic E-state index is 12.8. The highest BCUT2D eigenvalue weighted by Gasteiger charge is 2.35. The number of aliphatic hydroxyl groups is 1. The molecule has 0 saturated carbocycles. The average molecular weight is 245 g/mol. The van der Waals surface area contributed by atoms with Crippen LogP contribution < -0.4 is 5.32 Å². The molecule has 0 amide bonds. The Balaban J connectivity index is 2.31. The van der Waals surface area contributed by atoms with Gasteiger partial charge in [-0.15, -0.1) is 0 Å². The van der Waals surface area contributed by atoms with Gasteiger partial charge in [-0.1, -0.05) is 18.2 Å². The third-order valence-corrected chi connectivity index (χ3v) is 3.01. The van der Waals surface area contributed by atoms with Crippen molar-refractivity contribution in [3.63, 3.8) is 0 Å². The maximum absolute atomic E-state index is 12.8. The number of piperidine rings is 1. The molecule has 1 aromatic carbocycles. The number of aliphatic hydroxyl groups excluding tert-OH is 1. The highest BCUT2D eigenvalue weighted by Crippen LogP contribution is 2.36. The Morgan fingerprint density at radius 1 is 1.18 bits per heavy atom. The summed E-state index contributed by atoms with van der Waals surface area (Å²) in [6.07, 6.45) is -3.13. The Morgan fingerprint density at radius 3 is 2.53 bits per heavy atom.